The van der Waals surface area contributed by atoms with E-state index in [0.717, 1.165) is 5.56 Å². The van der Waals surface area contributed by atoms with Gasteiger partial charge in [-0.05, 0) is 12.0 Å². The fourth-order valence-electron chi connectivity index (χ4n) is 1.56. The maximum atomic E-state index is 12.4. The molecule has 1 aromatic heterocycles. The van der Waals surface area contributed by atoms with Gasteiger partial charge in [0, 0.05) is 17.1 Å². The van der Waals surface area contributed by atoms with Gasteiger partial charge in [-0.1, -0.05) is 30.3 Å². The summed E-state index contributed by atoms with van der Waals surface area (Å²) in [5, 5.41) is -0.846. The summed E-state index contributed by atoms with van der Waals surface area (Å²) in [4.78, 5) is 3.81. The summed E-state index contributed by atoms with van der Waals surface area (Å²) >= 11 is 0.606. The molecular weight excluding hydrogens is 261 g/mol. The van der Waals surface area contributed by atoms with E-state index < -0.39 is 17.2 Å². The molecule has 1 atom stereocenters. The van der Waals surface area contributed by atoms with Crippen LogP contribution in [0.2, 0.25) is 0 Å². The van der Waals surface area contributed by atoms with Crippen LogP contribution in [-0.2, 0) is 12.6 Å². The average Bonchev–Trinajstić information content (AvgIpc) is 2.79. The van der Waals surface area contributed by atoms with E-state index in [2.05, 4.69) is 4.98 Å². The number of nitrogens with two attached hydrogens (primary N) is 1. The van der Waals surface area contributed by atoms with Crippen LogP contribution in [0.5, 0.6) is 0 Å². The van der Waals surface area contributed by atoms with Gasteiger partial charge in [-0.25, -0.2) is 4.98 Å². The van der Waals surface area contributed by atoms with Crippen LogP contribution in [0, 0.1) is 0 Å². The molecule has 0 aliphatic heterocycles. The minimum atomic E-state index is -4.39. The normalized spacial score (nSPS) is 13.6. The Labute approximate surface area is 106 Å². The third kappa shape index (κ3) is 3.08. The van der Waals surface area contributed by atoms with E-state index in [1.807, 2.05) is 30.3 Å². The largest absolute Gasteiger partial charge is 0.443 e. The molecule has 0 spiro atoms. The Bertz CT molecular complexity index is 508. The average molecular weight is 272 g/mol. The lowest BCUT2D eigenvalue weighted by Crippen LogP contribution is -2.11. The molecule has 1 aromatic carbocycles. The molecule has 96 valence electrons. The molecule has 0 aliphatic carbocycles. The summed E-state index contributed by atoms with van der Waals surface area (Å²) in [6, 6.07) is 8.95. The molecule has 1 unspecified atom stereocenters. The fourth-order valence-corrected chi connectivity index (χ4v) is 2.34. The van der Waals surface area contributed by atoms with Crippen LogP contribution >= 0.6 is 11.3 Å². The lowest BCUT2D eigenvalue weighted by Gasteiger charge is -2.08. The molecule has 2 nitrogen and oxygen atoms in total. The second kappa shape index (κ2) is 5.07. The molecule has 0 bridgehead atoms. The van der Waals surface area contributed by atoms with Gasteiger partial charge < -0.3 is 5.73 Å². The van der Waals surface area contributed by atoms with E-state index in [9.17, 15) is 13.2 Å². The maximum Gasteiger partial charge on any atom is 0.443 e. The van der Waals surface area contributed by atoms with Gasteiger partial charge in [0.1, 0.15) is 0 Å². The molecule has 0 saturated heterocycles. The number of aromatic nitrogens is 1. The van der Waals surface area contributed by atoms with Crippen molar-refractivity contribution >= 4 is 11.3 Å². The van der Waals surface area contributed by atoms with Crippen molar-refractivity contribution < 1.29 is 13.2 Å². The summed E-state index contributed by atoms with van der Waals surface area (Å²) < 4.78 is 37.2. The maximum absolute atomic E-state index is 12.4. The van der Waals surface area contributed by atoms with Crippen LogP contribution in [0.4, 0.5) is 13.2 Å². The minimum absolute atomic E-state index is 0.450. The first-order valence-corrected chi connectivity index (χ1v) is 6.11. The standard InChI is InChI=1S/C12H11F3N2S/c13-12(14,15)11-17-7-10(18-11)9(16)6-8-4-2-1-3-5-8/h1-5,7,9H,6,16H2. The third-order valence-electron chi connectivity index (χ3n) is 2.43. The molecule has 18 heavy (non-hydrogen) atoms. The Balaban J connectivity index is 2.10. The molecule has 2 aromatic rings. The number of nitrogens with zero attached hydrogens (tertiary/aromatic N) is 1. The van der Waals surface area contributed by atoms with E-state index in [0.29, 0.717) is 22.6 Å². The first kappa shape index (κ1) is 13.0. The Morgan fingerprint density at radius 3 is 2.44 bits per heavy atom. The smallest absolute Gasteiger partial charge is 0.323 e. The molecule has 0 radical (unpaired) electrons. The summed E-state index contributed by atoms with van der Waals surface area (Å²) in [5.41, 5.74) is 6.88. The van der Waals surface area contributed by atoms with E-state index >= 15 is 0 Å². The summed E-state index contributed by atoms with van der Waals surface area (Å²) in [6.45, 7) is 0. The van der Waals surface area contributed by atoms with Crippen LogP contribution in [0.25, 0.3) is 0 Å². The van der Waals surface area contributed by atoms with Crippen molar-refractivity contribution in [1.29, 1.82) is 0 Å². The second-order valence-corrected chi connectivity index (χ2v) is 4.92. The highest BCUT2D eigenvalue weighted by Crippen LogP contribution is 2.34. The quantitative estimate of drug-likeness (QED) is 0.930. The highest BCUT2D eigenvalue weighted by molar-refractivity contribution is 7.11. The van der Waals surface area contributed by atoms with Crippen LogP contribution < -0.4 is 5.73 Å². The lowest BCUT2D eigenvalue weighted by atomic mass is 10.1. The van der Waals surface area contributed by atoms with Crippen molar-refractivity contribution in [1.82, 2.24) is 4.98 Å². The Morgan fingerprint density at radius 1 is 1.22 bits per heavy atom. The molecule has 0 fully saturated rings. The lowest BCUT2D eigenvalue weighted by molar-refractivity contribution is -0.137. The highest BCUT2D eigenvalue weighted by Gasteiger charge is 2.35. The Kier molecular flexibility index (Phi) is 3.68. The predicted molar refractivity (Wildman–Crippen MR) is 64.2 cm³/mol. The topological polar surface area (TPSA) is 38.9 Å². The van der Waals surface area contributed by atoms with Crippen molar-refractivity contribution in [3.8, 4) is 0 Å². The van der Waals surface area contributed by atoms with Gasteiger partial charge in [0.05, 0.1) is 0 Å². The first-order valence-electron chi connectivity index (χ1n) is 5.29. The molecule has 2 rings (SSSR count). The van der Waals surface area contributed by atoms with Gasteiger partial charge in [0.15, 0.2) is 5.01 Å². The second-order valence-electron chi connectivity index (χ2n) is 3.86. The van der Waals surface area contributed by atoms with Gasteiger partial charge in [0.2, 0.25) is 0 Å². The Hall–Kier alpha value is -1.40. The minimum Gasteiger partial charge on any atom is -0.323 e. The van der Waals surface area contributed by atoms with Crippen LogP contribution in [0.1, 0.15) is 21.5 Å². The van der Waals surface area contributed by atoms with Gasteiger partial charge in [0.25, 0.3) is 0 Å². The molecule has 0 saturated carbocycles. The van der Waals surface area contributed by atoms with Crippen LogP contribution in [0.15, 0.2) is 36.5 Å². The van der Waals surface area contributed by atoms with Gasteiger partial charge in [-0.15, -0.1) is 11.3 Å². The molecule has 0 aliphatic rings. The van der Waals surface area contributed by atoms with Crippen molar-refractivity contribution in [2.45, 2.75) is 18.6 Å². The van der Waals surface area contributed by atoms with Gasteiger partial charge in [-0.3, -0.25) is 0 Å². The number of hydrogen-bond donors (Lipinski definition) is 1. The van der Waals surface area contributed by atoms with Crippen molar-refractivity contribution in [2.24, 2.45) is 5.73 Å². The number of rotatable bonds is 3. The zero-order valence-electron chi connectivity index (χ0n) is 9.32. The van der Waals surface area contributed by atoms with Crippen molar-refractivity contribution in [3.63, 3.8) is 0 Å². The number of alkyl halides is 3. The zero-order chi connectivity index (χ0) is 13.2. The van der Waals surface area contributed by atoms with E-state index in [1.165, 1.54) is 6.20 Å². The number of hydrogen-bond acceptors (Lipinski definition) is 3. The van der Waals surface area contributed by atoms with E-state index in [-0.39, 0.29) is 0 Å². The predicted octanol–water partition coefficient (Wildman–Crippen LogP) is 3.40. The van der Waals surface area contributed by atoms with E-state index in [4.69, 9.17) is 5.73 Å². The number of halogens is 3. The zero-order valence-corrected chi connectivity index (χ0v) is 10.1. The van der Waals surface area contributed by atoms with Crippen LogP contribution in [0.3, 0.4) is 0 Å². The van der Waals surface area contributed by atoms with Crippen molar-refractivity contribution in [3.05, 3.63) is 52.0 Å². The monoisotopic (exact) mass is 272 g/mol. The highest BCUT2D eigenvalue weighted by atomic mass is 32.1. The number of benzene rings is 1. The van der Waals surface area contributed by atoms with Gasteiger partial charge >= 0.3 is 6.18 Å². The number of thiazole rings is 1. The summed E-state index contributed by atoms with van der Waals surface area (Å²) in [5.74, 6) is 0. The molecular formula is C12H11F3N2S. The fraction of sp³-hybridized carbons (Fsp3) is 0.250. The molecule has 6 heteroatoms. The SMILES string of the molecule is NC(Cc1ccccc1)c1cnc(C(F)(F)F)s1. The molecule has 1 heterocycles. The van der Waals surface area contributed by atoms with Gasteiger partial charge in [-0.2, -0.15) is 13.2 Å². The van der Waals surface area contributed by atoms with Crippen LogP contribution in [-0.4, -0.2) is 4.98 Å². The van der Waals surface area contributed by atoms with Crippen molar-refractivity contribution in [2.75, 3.05) is 0 Å². The first-order chi connectivity index (χ1) is 8.47. The summed E-state index contributed by atoms with van der Waals surface area (Å²) in [6.07, 6.45) is -2.68. The van der Waals surface area contributed by atoms with E-state index in [1.54, 1.807) is 0 Å². The third-order valence-corrected chi connectivity index (χ3v) is 3.60. The molecule has 0 amide bonds. The molecule has 2 N–H and O–H groups in total. The Morgan fingerprint density at radius 2 is 1.89 bits per heavy atom. The summed E-state index contributed by atoms with van der Waals surface area (Å²) in [7, 11) is 0.